The van der Waals surface area contributed by atoms with Crippen molar-refractivity contribution in [1.82, 2.24) is 24.9 Å². The Hall–Kier alpha value is -3.32. The molecule has 0 radical (unpaired) electrons. The van der Waals surface area contributed by atoms with Gasteiger partial charge in [-0.15, -0.1) is 16.4 Å². The summed E-state index contributed by atoms with van der Waals surface area (Å²) in [6, 6.07) is 18.4. The fraction of sp³-hybridized carbons (Fsp3) is 0.250. The van der Waals surface area contributed by atoms with E-state index >= 15 is 0 Å². The number of aromatic nitrogens is 4. The fourth-order valence-electron chi connectivity index (χ4n) is 3.91. The van der Waals surface area contributed by atoms with E-state index in [1.165, 1.54) is 9.71 Å². The van der Waals surface area contributed by atoms with Crippen molar-refractivity contribution in [2.45, 2.75) is 25.3 Å². The van der Waals surface area contributed by atoms with Crippen molar-refractivity contribution < 1.29 is 4.79 Å². The standard InChI is InChI=1S/C24H23N5OS/c30-23(11-10-20-17-29(27-26-20)16-18-6-2-1-3-7-18)28-14-12-19(13-15-28)24-25-21-8-4-5-9-22(21)31-24/h1-11,17,19H,12-16H2. The van der Waals surface area contributed by atoms with E-state index < -0.39 is 0 Å². The molecule has 1 amide bonds. The van der Waals surface area contributed by atoms with Crippen molar-refractivity contribution in [3.05, 3.63) is 83.1 Å². The van der Waals surface area contributed by atoms with Crippen molar-refractivity contribution in [2.75, 3.05) is 13.1 Å². The monoisotopic (exact) mass is 429 g/mol. The summed E-state index contributed by atoms with van der Waals surface area (Å²) in [4.78, 5) is 19.3. The molecular formula is C24H23N5OS. The lowest BCUT2D eigenvalue weighted by Gasteiger charge is -2.30. The lowest BCUT2D eigenvalue weighted by atomic mass is 9.97. The van der Waals surface area contributed by atoms with Gasteiger partial charge in [-0.25, -0.2) is 9.67 Å². The summed E-state index contributed by atoms with van der Waals surface area (Å²) in [5.74, 6) is 0.462. The van der Waals surface area contributed by atoms with E-state index in [9.17, 15) is 4.79 Å². The second kappa shape index (κ2) is 8.81. The van der Waals surface area contributed by atoms with Gasteiger partial charge in [0.15, 0.2) is 0 Å². The van der Waals surface area contributed by atoms with E-state index in [0.29, 0.717) is 18.2 Å². The van der Waals surface area contributed by atoms with Gasteiger partial charge in [0.25, 0.3) is 0 Å². The minimum atomic E-state index is 0.0281. The van der Waals surface area contributed by atoms with Gasteiger partial charge >= 0.3 is 0 Å². The summed E-state index contributed by atoms with van der Waals surface area (Å²) >= 11 is 1.78. The molecule has 5 rings (SSSR count). The number of carbonyl (C=O) groups is 1. The van der Waals surface area contributed by atoms with Crippen LogP contribution in [0.25, 0.3) is 16.3 Å². The fourth-order valence-corrected chi connectivity index (χ4v) is 5.05. The van der Waals surface area contributed by atoms with Gasteiger partial charge < -0.3 is 4.90 Å². The molecule has 0 atom stereocenters. The molecule has 0 bridgehead atoms. The van der Waals surface area contributed by atoms with Crippen LogP contribution in [0, 0.1) is 0 Å². The van der Waals surface area contributed by atoms with Gasteiger partial charge in [0.2, 0.25) is 5.91 Å². The Balaban J connectivity index is 1.16. The Morgan fingerprint density at radius 2 is 1.84 bits per heavy atom. The Labute approximate surface area is 184 Å². The minimum Gasteiger partial charge on any atom is -0.339 e. The molecule has 0 unspecified atom stereocenters. The second-order valence-electron chi connectivity index (χ2n) is 7.78. The molecule has 4 aromatic rings. The molecule has 0 spiro atoms. The molecule has 1 saturated heterocycles. The molecule has 0 saturated carbocycles. The molecular weight excluding hydrogens is 406 g/mol. The number of nitrogens with zero attached hydrogens (tertiary/aromatic N) is 5. The highest BCUT2D eigenvalue weighted by Crippen LogP contribution is 2.33. The van der Waals surface area contributed by atoms with Crippen molar-refractivity contribution in [1.29, 1.82) is 0 Å². The first-order chi connectivity index (χ1) is 15.2. The van der Waals surface area contributed by atoms with Crippen LogP contribution in [0.15, 0.2) is 66.9 Å². The molecule has 2 aromatic heterocycles. The highest BCUT2D eigenvalue weighted by atomic mass is 32.1. The number of amides is 1. The SMILES string of the molecule is O=C(C=Cc1cn(Cc2ccccc2)nn1)N1CCC(c2nc3ccccc3s2)CC1. The largest absolute Gasteiger partial charge is 0.339 e. The molecule has 2 aromatic carbocycles. The maximum absolute atomic E-state index is 12.6. The second-order valence-corrected chi connectivity index (χ2v) is 8.84. The summed E-state index contributed by atoms with van der Waals surface area (Å²) in [6.45, 7) is 2.17. The molecule has 1 fully saturated rings. The van der Waals surface area contributed by atoms with Crippen LogP contribution in [0.4, 0.5) is 0 Å². The quantitative estimate of drug-likeness (QED) is 0.442. The Morgan fingerprint density at radius 1 is 1.06 bits per heavy atom. The van der Waals surface area contributed by atoms with Crippen LogP contribution in [0.1, 0.15) is 35.0 Å². The van der Waals surface area contributed by atoms with Gasteiger partial charge in [0.1, 0.15) is 5.69 Å². The van der Waals surface area contributed by atoms with E-state index in [-0.39, 0.29) is 5.91 Å². The summed E-state index contributed by atoms with van der Waals surface area (Å²) in [5, 5.41) is 9.49. The number of hydrogen-bond acceptors (Lipinski definition) is 5. The van der Waals surface area contributed by atoms with Crippen LogP contribution in [0.2, 0.25) is 0 Å². The smallest absolute Gasteiger partial charge is 0.246 e. The molecule has 156 valence electrons. The molecule has 0 N–H and O–H groups in total. The van der Waals surface area contributed by atoms with Crippen LogP contribution >= 0.6 is 11.3 Å². The van der Waals surface area contributed by atoms with Crippen molar-refractivity contribution in [3.8, 4) is 0 Å². The average molecular weight is 430 g/mol. The summed E-state index contributed by atoms with van der Waals surface area (Å²) in [6.07, 6.45) is 7.11. The predicted octanol–water partition coefficient (Wildman–Crippen LogP) is 4.36. The molecule has 1 aliphatic heterocycles. The van der Waals surface area contributed by atoms with E-state index in [0.717, 1.165) is 37.0 Å². The van der Waals surface area contributed by atoms with Gasteiger partial charge in [-0.2, -0.15) is 0 Å². The first kappa shape index (κ1) is 19.6. The van der Waals surface area contributed by atoms with Crippen LogP contribution in [-0.4, -0.2) is 43.9 Å². The molecule has 7 heteroatoms. The van der Waals surface area contributed by atoms with E-state index in [2.05, 4.69) is 40.6 Å². The van der Waals surface area contributed by atoms with Crippen LogP contribution in [-0.2, 0) is 11.3 Å². The molecule has 3 heterocycles. The van der Waals surface area contributed by atoms with Crippen molar-refractivity contribution >= 4 is 33.5 Å². The number of hydrogen-bond donors (Lipinski definition) is 0. The van der Waals surface area contributed by atoms with Crippen LogP contribution in [0.3, 0.4) is 0 Å². The number of benzene rings is 2. The van der Waals surface area contributed by atoms with Crippen LogP contribution in [0.5, 0.6) is 0 Å². The predicted molar refractivity (Wildman–Crippen MR) is 123 cm³/mol. The lowest BCUT2D eigenvalue weighted by Crippen LogP contribution is -2.36. The number of para-hydroxylation sites is 1. The highest BCUT2D eigenvalue weighted by Gasteiger charge is 2.25. The third-order valence-electron chi connectivity index (χ3n) is 5.61. The normalized spacial score (nSPS) is 15.2. The lowest BCUT2D eigenvalue weighted by molar-refractivity contribution is -0.126. The van der Waals surface area contributed by atoms with Gasteiger partial charge in [0, 0.05) is 25.1 Å². The van der Waals surface area contributed by atoms with Crippen molar-refractivity contribution in [2.24, 2.45) is 0 Å². The first-order valence-electron chi connectivity index (χ1n) is 10.5. The molecule has 0 aliphatic carbocycles. The zero-order valence-electron chi connectivity index (χ0n) is 17.1. The maximum Gasteiger partial charge on any atom is 0.246 e. The van der Waals surface area contributed by atoms with Crippen LogP contribution < -0.4 is 0 Å². The number of carbonyl (C=O) groups excluding carboxylic acids is 1. The summed E-state index contributed by atoms with van der Waals surface area (Å²) in [5.41, 5.74) is 2.92. The zero-order chi connectivity index (χ0) is 21.0. The van der Waals surface area contributed by atoms with E-state index in [4.69, 9.17) is 4.98 Å². The van der Waals surface area contributed by atoms with Gasteiger partial charge in [-0.05, 0) is 36.6 Å². The number of likely N-dealkylation sites (tertiary alicyclic amines) is 1. The number of piperidine rings is 1. The molecule has 31 heavy (non-hydrogen) atoms. The van der Waals surface area contributed by atoms with Gasteiger partial charge in [0.05, 0.1) is 28.0 Å². The van der Waals surface area contributed by atoms with Gasteiger partial charge in [-0.3, -0.25) is 4.79 Å². The average Bonchev–Trinajstić information content (AvgIpc) is 3.45. The number of fused-ring (bicyclic) bond motifs is 1. The Bertz CT molecular complexity index is 1170. The number of rotatable bonds is 5. The maximum atomic E-state index is 12.6. The third-order valence-corrected chi connectivity index (χ3v) is 6.81. The van der Waals surface area contributed by atoms with Gasteiger partial charge in [-0.1, -0.05) is 47.7 Å². The highest BCUT2D eigenvalue weighted by molar-refractivity contribution is 7.18. The Kier molecular flexibility index (Phi) is 5.58. The number of thiazole rings is 1. The summed E-state index contributed by atoms with van der Waals surface area (Å²) < 4.78 is 3.02. The third kappa shape index (κ3) is 4.56. The molecule has 1 aliphatic rings. The first-order valence-corrected chi connectivity index (χ1v) is 11.3. The van der Waals surface area contributed by atoms with E-state index in [1.807, 2.05) is 35.4 Å². The zero-order valence-corrected chi connectivity index (χ0v) is 17.9. The van der Waals surface area contributed by atoms with E-state index in [1.54, 1.807) is 28.2 Å². The molecule has 6 nitrogen and oxygen atoms in total. The van der Waals surface area contributed by atoms with Crippen molar-refractivity contribution in [3.63, 3.8) is 0 Å². The summed E-state index contributed by atoms with van der Waals surface area (Å²) in [7, 11) is 0. The minimum absolute atomic E-state index is 0.0281. The topological polar surface area (TPSA) is 63.9 Å². The Morgan fingerprint density at radius 3 is 2.65 bits per heavy atom.